The molecular weight excluding hydrogens is 349 g/mol. The van der Waals surface area contributed by atoms with E-state index in [1.54, 1.807) is 0 Å². The van der Waals surface area contributed by atoms with Gasteiger partial charge < -0.3 is 15.0 Å². The van der Waals surface area contributed by atoms with E-state index in [1.165, 1.54) is 11.8 Å². The number of carbonyl (C=O) groups excluding carboxylic acids is 1. The molecule has 1 aliphatic heterocycles. The number of fused-ring (bicyclic) bond motifs is 1. The molecule has 0 fully saturated rings. The maximum absolute atomic E-state index is 12.8. The molecule has 2 heterocycles. The number of para-hydroxylation sites is 1. The topological polar surface area (TPSA) is 67.4 Å². The van der Waals surface area contributed by atoms with Crippen LogP contribution < -0.4 is 10.1 Å². The first-order chi connectivity index (χ1) is 12.3. The van der Waals surface area contributed by atoms with Crippen molar-refractivity contribution >= 4 is 6.03 Å². The van der Waals surface area contributed by atoms with Gasteiger partial charge in [0.05, 0.1) is 19.6 Å². The van der Waals surface area contributed by atoms with Gasteiger partial charge in [0.1, 0.15) is 23.9 Å². The zero-order chi connectivity index (χ0) is 18.7. The summed E-state index contributed by atoms with van der Waals surface area (Å²) >= 11 is 0. The molecule has 1 aromatic heterocycles. The molecule has 1 aromatic carbocycles. The van der Waals surface area contributed by atoms with Crippen molar-refractivity contribution in [3.8, 4) is 5.75 Å². The molecule has 0 unspecified atom stereocenters. The van der Waals surface area contributed by atoms with Crippen molar-refractivity contribution in [2.24, 2.45) is 0 Å². The van der Waals surface area contributed by atoms with Crippen LogP contribution in [-0.2, 0) is 19.3 Å². The Morgan fingerprint density at radius 2 is 2.08 bits per heavy atom. The Bertz CT molecular complexity index is 811. The van der Waals surface area contributed by atoms with E-state index in [0.29, 0.717) is 19.7 Å². The Morgan fingerprint density at radius 3 is 2.85 bits per heavy atom. The summed E-state index contributed by atoms with van der Waals surface area (Å²) in [5.74, 6) is 0.636. The van der Waals surface area contributed by atoms with Crippen LogP contribution in [0.3, 0.4) is 0 Å². The molecule has 3 rings (SSSR count). The molecule has 2 amide bonds. The van der Waals surface area contributed by atoms with Crippen molar-refractivity contribution in [2.75, 3.05) is 13.2 Å². The highest BCUT2D eigenvalue weighted by molar-refractivity contribution is 5.74. The minimum Gasteiger partial charge on any atom is -0.491 e. The van der Waals surface area contributed by atoms with Crippen LogP contribution in [0.4, 0.5) is 18.0 Å². The van der Waals surface area contributed by atoms with E-state index in [-0.39, 0.29) is 18.1 Å². The molecule has 1 aliphatic rings. The standard InChI is InChI=1S/C17H17F3N4O2/c1-11-8-14(17(18,19)20)23-15(22-11)9-21-16(25)24-6-7-26-13-5-3-2-4-12(13)10-24/h2-5,8H,6-7,9-10H2,1H3,(H,21,25). The van der Waals surface area contributed by atoms with Crippen molar-refractivity contribution < 1.29 is 22.7 Å². The lowest BCUT2D eigenvalue weighted by Gasteiger charge is -2.20. The molecule has 1 N–H and O–H groups in total. The fourth-order valence-corrected chi connectivity index (χ4v) is 2.62. The summed E-state index contributed by atoms with van der Waals surface area (Å²) in [6, 6.07) is 7.85. The summed E-state index contributed by atoms with van der Waals surface area (Å²) in [5, 5.41) is 2.57. The number of ether oxygens (including phenoxy) is 1. The van der Waals surface area contributed by atoms with Gasteiger partial charge in [0.25, 0.3) is 0 Å². The van der Waals surface area contributed by atoms with Crippen LogP contribution in [0, 0.1) is 6.92 Å². The highest BCUT2D eigenvalue weighted by Crippen LogP contribution is 2.27. The largest absolute Gasteiger partial charge is 0.491 e. The number of amides is 2. The van der Waals surface area contributed by atoms with E-state index >= 15 is 0 Å². The summed E-state index contributed by atoms with van der Waals surface area (Å²) < 4.78 is 44.1. The molecule has 9 heteroatoms. The van der Waals surface area contributed by atoms with E-state index < -0.39 is 17.9 Å². The number of hydrogen-bond acceptors (Lipinski definition) is 4. The normalized spacial score (nSPS) is 14.2. The molecule has 0 bridgehead atoms. The number of urea groups is 1. The molecule has 138 valence electrons. The first-order valence-electron chi connectivity index (χ1n) is 7.98. The zero-order valence-electron chi connectivity index (χ0n) is 14.0. The van der Waals surface area contributed by atoms with Crippen molar-refractivity contribution in [1.82, 2.24) is 20.2 Å². The van der Waals surface area contributed by atoms with E-state index in [2.05, 4.69) is 15.3 Å². The number of nitrogens with one attached hydrogen (secondary N) is 1. The highest BCUT2D eigenvalue weighted by atomic mass is 19.4. The number of nitrogens with zero attached hydrogens (tertiary/aromatic N) is 3. The molecule has 0 aliphatic carbocycles. The van der Waals surface area contributed by atoms with Gasteiger partial charge in [0.15, 0.2) is 0 Å². The molecule has 0 saturated heterocycles. The molecule has 0 atom stereocenters. The van der Waals surface area contributed by atoms with E-state index in [0.717, 1.165) is 17.4 Å². The quantitative estimate of drug-likeness (QED) is 0.888. The Balaban J connectivity index is 1.67. The Labute approximate surface area is 148 Å². The number of aromatic nitrogens is 2. The zero-order valence-corrected chi connectivity index (χ0v) is 14.0. The second-order valence-electron chi connectivity index (χ2n) is 5.84. The van der Waals surface area contributed by atoms with Crippen LogP contribution in [0.25, 0.3) is 0 Å². The fourth-order valence-electron chi connectivity index (χ4n) is 2.62. The lowest BCUT2D eigenvalue weighted by molar-refractivity contribution is -0.141. The number of aryl methyl sites for hydroxylation is 1. The van der Waals surface area contributed by atoms with Crippen LogP contribution >= 0.6 is 0 Å². The Kier molecular flexibility index (Phi) is 4.97. The van der Waals surface area contributed by atoms with Gasteiger partial charge in [-0.1, -0.05) is 18.2 Å². The number of benzene rings is 1. The van der Waals surface area contributed by atoms with E-state index in [4.69, 9.17) is 4.74 Å². The van der Waals surface area contributed by atoms with Gasteiger partial charge in [-0.25, -0.2) is 14.8 Å². The van der Waals surface area contributed by atoms with Gasteiger partial charge in [0, 0.05) is 11.3 Å². The summed E-state index contributed by atoms with van der Waals surface area (Å²) in [7, 11) is 0. The lowest BCUT2D eigenvalue weighted by atomic mass is 10.2. The molecule has 6 nitrogen and oxygen atoms in total. The van der Waals surface area contributed by atoms with Gasteiger partial charge >= 0.3 is 12.2 Å². The number of halogens is 3. The van der Waals surface area contributed by atoms with Crippen LogP contribution in [0.1, 0.15) is 22.8 Å². The summed E-state index contributed by atoms with van der Waals surface area (Å²) in [6.07, 6.45) is -4.56. The SMILES string of the molecule is Cc1cc(C(F)(F)F)nc(CNC(=O)N2CCOc3ccccc3C2)n1. The van der Waals surface area contributed by atoms with Gasteiger partial charge in [-0.3, -0.25) is 0 Å². The number of rotatable bonds is 2. The second kappa shape index (κ2) is 7.19. The maximum atomic E-state index is 12.8. The van der Waals surface area contributed by atoms with Crippen LogP contribution in [0.2, 0.25) is 0 Å². The maximum Gasteiger partial charge on any atom is 0.433 e. The Morgan fingerprint density at radius 1 is 1.31 bits per heavy atom. The van der Waals surface area contributed by atoms with Gasteiger partial charge in [0.2, 0.25) is 0 Å². The van der Waals surface area contributed by atoms with Gasteiger partial charge in [-0.2, -0.15) is 13.2 Å². The third-order valence-electron chi connectivity index (χ3n) is 3.83. The summed E-state index contributed by atoms with van der Waals surface area (Å²) in [6.45, 7) is 2.31. The molecule has 0 saturated carbocycles. The van der Waals surface area contributed by atoms with E-state index in [1.807, 2.05) is 24.3 Å². The molecule has 0 radical (unpaired) electrons. The van der Waals surface area contributed by atoms with Crippen LogP contribution in [0.15, 0.2) is 30.3 Å². The van der Waals surface area contributed by atoms with Crippen molar-refractivity contribution in [2.45, 2.75) is 26.2 Å². The van der Waals surface area contributed by atoms with Crippen LogP contribution in [-0.4, -0.2) is 34.1 Å². The molecule has 26 heavy (non-hydrogen) atoms. The first-order valence-corrected chi connectivity index (χ1v) is 7.98. The predicted molar refractivity (Wildman–Crippen MR) is 86.4 cm³/mol. The Hall–Kier alpha value is -2.84. The monoisotopic (exact) mass is 366 g/mol. The molecule has 2 aromatic rings. The average Bonchev–Trinajstić information content (AvgIpc) is 2.81. The second-order valence-corrected chi connectivity index (χ2v) is 5.84. The van der Waals surface area contributed by atoms with Crippen LogP contribution in [0.5, 0.6) is 5.75 Å². The molecular formula is C17H17F3N4O2. The predicted octanol–water partition coefficient (Wildman–Crippen LogP) is 2.91. The summed E-state index contributed by atoms with van der Waals surface area (Å²) in [5.41, 5.74) is 0.0336. The van der Waals surface area contributed by atoms with E-state index in [9.17, 15) is 18.0 Å². The smallest absolute Gasteiger partial charge is 0.433 e. The number of hydrogen-bond donors (Lipinski definition) is 1. The third-order valence-corrected chi connectivity index (χ3v) is 3.83. The van der Waals surface area contributed by atoms with Crippen molar-refractivity contribution in [3.05, 3.63) is 53.1 Å². The van der Waals surface area contributed by atoms with Crippen molar-refractivity contribution in [3.63, 3.8) is 0 Å². The number of alkyl halides is 3. The minimum atomic E-state index is -4.56. The highest BCUT2D eigenvalue weighted by Gasteiger charge is 2.33. The average molecular weight is 366 g/mol. The summed E-state index contributed by atoms with van der Waals surface area (Å²) in [4.78, 5) is 21.3. The minimum absolute atomic E-state index is 0.0860. The fraction of sp³-hybridized carbons (Fsp3) is 0.353. The number of carbonyl (C=O) groups is 1. The van der Waals surface area contributed by atoms with Gasteiger partial charge in [-0.15, -0.1) is 0 Å². The first kappa shape index (κ1) is 18.0. The van der Waals surface area contributed by atoms with Crippen molar-refractivity contribution in [1.29, 1.82) is 0 Å². The lowest BCUT2D eigenvalue weighted by Crippen LogP contribution is -2.40. The van der Waals surface area contributed by atoms with Gasteiger partial charge in [-0.05, 0) is 19.1 Å². The molecule has 0 spiro atoms. The third kappa shape index (κ3) is 4.22.